The lowest BCUT2D eigenvalue weighted by molar-refractivity contribution is 0.415. The van der Waals surface area contributed by atoms with Crippen LogP contribution in [0.4, 0.5) is 0 Å². The molecule has 22 heavy (non-hydrogen) atoms. The highest BCUT2D eigenvalue weighted by Crippen LogP contribution is 2.36. The zero-order valence-electron chi connectivity index (χ0n) is 12.6. The van der Waals surface area contributed by atoms with Gasteiger partial charge in [0.2, 0.25) is 0 Å². The third-order valence-corrected chi connectivity index (χ3v) is 4.50. The summed E-state index contributed by atoms with van der Waals surface area (Å²) in [7, 11) is 1.70. The number of aryl methyl sites for hydroxylation is 1. The molecular weight excluding hydrogens is 272 g/mol. The summed E-state index contributed by atoms with van der Waals surface area (Å²) in [6.45, 7) is 0. The molecule has 0 bridgehead atoms. The Morgan fingerprint density at radius 1 is 1.09 bits per heavy atom. The van der Waals surface area contributed by atoms with Crippen molar-refractivity contribution in [2.45, 2.75) is 18.9 Å². The molecule has 0 fully saturated rings. The number of methoxy groups -OCH3 is 1. The first-order chi connectivity index (χ1) is 10.8. The van der Waals surface area contributed by atoms with Gasteiger partial charge in [-0.1, -0.05) is 30.3 Å². The standard InChI is InChI=1S/C19H18N2O/c1-22-17-6-2-14(3-7-17)15-4-8-18-16(12-15)5-9-19(18)21-11-10-20-13-21/h2-4,6-8,10-13,19H,5,9H2,1H3. The summed E-state index contributed by atoms with van der Waals surface area (Å²) >= 11 is 0. The number of fused-ring (bicyclic) bond motifs is 1. The molecule has 0 radical (unpaired) electrons. The molecule has 1 atom stereocenters. The van der Waals surface area contributed by atoms with Crippen LogP contribution in [-0.2, 0) is 6.42 Å². The van der Waals surface area contributed by atoms with Crippen LogP contribution in [0, 0.1) is 0 Å². The van der Waals surface area contributed by atoms with Crippen molar-refractivity contribution >= 4 is 0 Å². The normalized spacial score (nSPS) is 16.5. The Morgan fingerprint density at radius 3 is 2.64 bits per heavy atom. The number of ether oxygens (including phenoxy) is 1. The van der Waals surface area contributed by atoms with Crippen LogP contribution in [0.25, 0.3) is 11.1 Å². The molecule has 0 N–H and O–H groups in total. The fourth-order valence-corrected chi connectivity index (χ4v) is 3.32. The van der Waals surface area contributed by atoms with E-state index in [1.807, 2.05) is 24.7 Å². The zero-order valence-corrected chi connectivity index (χ0v) is 12.6. The van der Waals surface area contributed by atoms with E-state index in [2.05, 4.69) is 46.1 Å². The number of hydrogen-bond acceptors (Lipinski definition) is 2. The number of aromatic nitrogens is 2. The van der Waals surface area contributed by atoms with E-state index in [9.17, 15) is 0 Å². The largest absolute Gasteiger partial charge is 0.497 e. The minimum absolute atomic E-state index is 0.433. The van der Waals surface area contributed by atoms with Gasteiger partial charge in [0, 0.05) is 12.4 Å². The first-order valence-corrected chi connectivity index (χ1v) is 7.60. The molecule has 0 saturated carbocycles. The van der Waals surface area contributed by atoms with Crippen molar-refractivity contribution in [1.82, 2.24) is 9.55 Å². The van der Waals surface area contributed by atoms with Crippen molar-refractivity contribution in [3.8, 4) is 16.9 Å². The third kappa shape index (κ3) is 2.19. The molecule has 3 heteroatoms. The number of rotatable bonds is 3. The molecule has 0 saturated heterocycles. The molecule has 1 aliphatic carbocycles. The van der Waals surface area contributed by atoms with Crippen LogP contribution in [0.1, 0.15) is 23.6 Å². The van der Waals surface area contributed by atoms with Gasteiger partial charge in [-0.25, -0.2) is 4.98 Å². The SMILES string of the molecule is COc1ccc(-c2ccc3c(c2)CCC3n2ccnc2)cc1. The smallest absolute Gasteiger partial charge is 0.118 e. The predicted molar refractivity (Wildman–Crippen MR) is 87.1 cm³/mol. The van der Waals surface area contributed by atoms with Crippen molar-refractivity contribution in [3.05, 3.63) is 72.3 Å². The van der Waals surface area contributed by atoms with Gasteiger partial charge in [0.1, 0.15) is 5.75 Å². The lowest BCUT2D eigenvalue weighted by atomic mass is 9.99. The van der Waals surface area contributed by atoms with Gasteiger partial charge in [0.15, 0.2) is 0 Å². The second kappa shape index (κ2) is 5.34. The fraction of sp³-hybridized carbons (Fsp3) is 0.211. The van der Waals surface area contributed by atoms with Crippen LogP contribution in [0.3, 0.4) is 0 Å². The van der Waals surface area contributed by atoms with E-state index < -0.39 is 0 Å². The summed E-state index contributed by atoms with van der Waals surface area (Å²) in [6, 6.07) is 15.5. The van der Waals surface area contributed by atoms with Crippen LogP contribution in [0.5, 0.6) is 5.75 Å². The van der Waals surface area contributed by atoms with Crippen molar-refractivity contribution in [2.75, 3.05) is 7.11 Å². The minimum Gasteiger partial charge on any atom is -0.497 e. The second-order valence-electron chi connectivity index (χ2n) is 5.71. The monoisotopic (exact) mass is 290 g/mol. The van der Waals surface area contributed by atoms with Gasteiger partial charge in [-0.2, -0.15) is 0 Å². The van der Waals surface area contributed by atoms with E-state index in [0.29, 0.717) is 6.04 Å². The van der Waals surface area contributed by atoms with Crippen LogP contribution in [0.15, 0.2) is 61.2 Å². The van der Waals surface area contributed by atoms with Crippen molar-refractivity contribution in [1.29, 1.82) is 0 Å². The maximum atomic E-state index is 5.23. The summed E-state index contributed by atoms with van der Waals surface area (Å²) in [6.07, 6.45) is 8.10. The van der Waals surface area contributed by atoms with Crippen molar-refractivity contribution in [2.24, 2.45) is 0 Å². The minimum atomic E-state index is 0.433. The van der Waals surface area contributed by atoms with Gasteiger partial charge >= 0.3 is 0 Å². The van der Waals surface area contributed by atoms with Gasteiger partial charge in [-0.05, 0) is 47.2 Å². The molecule has 0 spiro atoms. The first kappa shape index (κ1) is 13.1. The molecule has 1 aliphatic rings. The molecule has 1 heterocycles. The van der Waals surface area contributed by atoms with Crippen molar-refractivity contribution < 1.29 is 4.74 Å². The molecular formula is C19H18N2O. The quantitative estimate of drug-likeness (QED) is 0.726. The first-order valence-electron chi connectivity index (χ1n) is 7.60. The van der Waals surface area contributed by atoms with Gasteiger partial charge in [0.05, 0.1) is 19.5 Å². The predicted octanol–water partition coefficient (Wildman–Crippen LogP) is 4.09. The number of hydrogen-bond donors (Lipinski definition) is 0. The molecule has 1 unspecified atom stereocenters. The Kier molecular flexibility index (Phi) is 3.19. The Hall–Kier alpha value is -2.55. The van der Waals surface area contributed by atoms with E-state index in [-0.39, 0.29) is 0 Å². The van der Waals surface area contributed by atoms with E-state index >= 15 is 0 Å². The molecule has 4 rings (SSSR count). The van der Waals surface area contributed by atoms with E-state index in [1.54, 1.807) is 7.11 Å². The molecule has 3 nitrogen and oxygen atoms in total. The molecule has 0 amide bonds. The van der Waals surface area contributed by atoms with Gasteiger partial charge in [0.25, 0.3) is 0 Å². The summed E-state index contributed by atoms with van der Waals surface area (Å²) in [5.74, 6) is 0.894. The number of nitrogens with zero attached hydrogens (tertiary/aromatic N) is 2. The van der Waals surface area contributed by atoms with Gasteiger partial charge in [-0.3, -0.25) is 0 Å². The summed E-state index contributed by atoms with van der Waals surface area (Å²) < 4.78 is 7.43. The maximum absolute atomic E-state index is 5.23. The highest BCUT2D eigenvalue weighted by molar-refractivity contribution is 5.66. The third-order valence-electron chi connectivity index (χ3n) is 4.50. The van der Waals surface area contributed by atoms with Gasteiger partial charge < -0.3 is 9.30 Å². The lowest BCUT2D eigenvalue weighted by Crippen LogP contribution is -2.04. The average molecular weight is 290 g/mol. The van der Waals surface area contributed by atoms with Crippen LogP contribution in [0.2, 0.25) is 0 Å². The molecule has 110 valence electrons. The second-order valence-corrected chi connectivity index (χ2v) is 5.71. The topological polar surface area (TPSA) is 27.1 Å². The molecule has 2 aromatic carbocycles. The fourth-order valence-electron chi connectivity index (χ4n) is 3.32. The Morgan fingerprint density at radius 2 is 1.91 bits per heavy atom. The number of benzene rings is 2. The highest BCUT2D eigenvalue weighted by Gasteiger charge is 2.23. The Labute approximate surface area is 130 Å². The highest BCUT2D eigenvalue weighted by atomic mass is 16.5. The van der Waals surface area contributed by atoms with E-state index in [1.165, 1.54) is 22.3 Å². The summed E-state index contributed by atoms with van der Waals surface area (Å²) in [4.78, 5) is 4.17. The van der Waals surface area contributed by atoms with Crippen LogP contribution >= 0.6 is 0 Å². The van der Waals surface area contributed by atoms with Crippen molar-refractivity contribution in [3.63, 3.8) is 0 Å². The zero-order chi connectivity index (χ0) is 14.9. The van der Waals surface area contributed by atoms with E-state index in [4.69, 9.17) is 4.74 Å². The summed E-state index contributed by atoms with van der Waals surface area (Å²) in [5, 5.41) is 0. The maximum Gasteiger partial charge on any atom is 0.118 e. The van der Waals surface area contributed by atoms with Gasteiger partial charge in [-0.15, -0.1) is 0 Å². The lowest BCUT2D eigenvalue weighted by Gasteiger charge is -2.13. The van der Waals surface area contributed by atoms with Crippen LogP contribution in [-0.4, -0.2) is 16.7 Å². The summed E-state index contributed by atoms with van der Waals surface area (Å²) in [5.41, 5.74) is 5.38. The number of imidazole rings is 1. The molecule has 3 aromatic rings. The van der Waals surface area contributed by atoms with E-state index in [0.717, 1.165) is 18.6 Å². The Balaban J connectivity index is 1.68. The molecule has 1 aromatic heterocycles. The van der Waals surface area contributed by atoms with Crippen LogP contribution < -0.4 is 4.74 Å². The Bertz CT molecular complexity index is 776. The molecule has 0 aliphatic heterocycles. The average Bonchev–Trinajstić information content (AvgIpc) is 3.23.